The van der Waals surface area contributed by atoms with E-state index >= 15 is 0 Å². The fourth-order valence-corrected chi connectivity index (χ4v) is 2.24. The highest BCUT2D eigenvalue weighted by Gasteiger charge is 2.04. The molecule has 0 aliphatic heterocycles. The molecule has 3 aromatic rings. The number of pyridine rings is 1. The van der Waals surface area contributed by atoms with Crippen molar-refractivity contribution >= 4 is 32.6 Å². The van der Waals surface area contributed by atoms with Crippen LogP contribution in [0, 0.1) is 0 Å². The van der Waals surface area contributed by atoms with Crippen LogP contribution in [0.1, 0.15) is 0 Å². The predicted molar refractivity (Wildman–Crippen MR) is 58.4 cm³/mol. The smallest absolute Gasteiger partial charge is 0.291 e. The van der Waals surface area contributed by atoms with Crippen LogP contribution < -0.4 is 11.2 Å². The Hall–Kier alpha value is -1.95. The summed E-state index contributed by atoms with van der Waals surface area (Å²) in [5, 5.41) is 2.30. The van der Waals surface area contributed by atoms with Crippen molar-refractivity contribution in [3.05, 3.63) is 38.4 Å². The number of thiophene rings is 1. The molecule has 74 valence electrons. The van der Waals surface area contributed by atoms with Crippen molar-refractivity contribution in [1.82, 2.24) is 15.0 Å². The molecule has 0 saturated carbocycles. The van der Waals surface area contributed by atoms with Gasteiger partial charge in [0.15, 0.2) is 0 Å². The molecule has 5 nitrogen and oxygen atoms in total. The van der Waals surface area contributed by atoms with Gasteiger partial charge in [-0.2, -0.15) is 0 Å². The fourth-order valence-electron chi connectivity index (χ4n) is 1.47. The monoisotopic (exact) mass is 219 g/mol. The summed E-state index contributed by atoms with van der Waals surface area (Å²) in [7, 11) is 0. The van der Waals surface area contributed by atoms with Crippen molar-refractivity contribution in [3.8, 4) is 0 Å². The molecule has 0 aromatic carbocycles. The molecule has 3 rings (SSSR count). The standard InChI is InChI=1S/C9H5N3O2S/c13-8-4-3-6-5(1-2-15-6)10-7(4)11-9(14)12-8/h1-3H,(H2,10,11,12,13,14). The number of H-pyrrole nitrogens is 2. The van der Waals surface area contributed by atoms with Crippen molar-refractivity contribution in [2.45, 2.75) is 0 Å². The molecule has 0 spiro atoms. The van der Waals surface area contributed by atoms with E-state index in [0.717, 1.165) is 10.2 Å². The Labute approximate surface area is 86.4 Å². The van der Waals surface area contributed by atoms with Gasteiger partial charge < -0.3 is 0 Å². The third-order valence-electron chi connectivity index (χ3n) is 2.14. The van der Waals surface area contributed by atoms with E-state index in [-0.39, 0.29) is 0 Å². The Bertz CT molecular complexity index is 768. The molecule has 0 bridgehead atoms. The average Bonchev–Trinajstić information content (AvgIpc) is 2.61. The van der Waals surface area contributed by atoms with Crippen LogP contribution in [0.3, 0.4) is 0 Å². The van der Waals surface area contributed by atoms with Gasteiger partial charge in [0.25, 0.3) is 5.56 Å². The Balaban J connectivity index is 2.65. The molecule has 0 fully saturated rings. The second-order valence-electron chi connectivity index (χ2n) is 3.10. The Morgan fingerprint density at radius 2 is 2.13 bits per heavy atom. The van der Waals surface area contributed by atoms with Gasteiger partial charge in [-0.15, -0.1) is 11.3 Å². The molecule has 3 aromatic heterocycles. The lowest BCUT2D eigenvalue weighted by molar-refractivity contribution is 1.07. The van der Waals surface area contributed by atoms with Crippen LogP contribution in [0.5, 0.6) is 0 Å². The first kappa shape index (κ1) is 8.37. The van der Waals surface area contributed by atoms with Crippen molar-refractivity contribution in [3.63, 3.8) is 0 Å². The maximum absolute atomic E-state index is 11.5. The molecular formula is C9H5N3O2S. The van der Waals surface area contributed by atoms with Gasteiger partial charge in [-0.1, -0.05) is 0 Å². The summed E-state index contributed by atoms with van der Waals surface area (Å²) in [6, 6.07) is 3.58. The van der Waals surface area contributed by atoms with Gasteiger partial charge in [0, 0.05) is 0 Å². The molecule has 0 atom stereocenters. The highest BCUT2D eigenvalue weighted by Crippen LogP contribution is 2.20. The number of rotatable bonds is 0. The maximum Gasteiger partial charge on any atom is 0.327 e. The zero-order chi connectivity index (χ0) is 10.4. The third-order valence-corrected chi connectivity index (χ3v) is 2.99. The molecule has 0 radical (unpaired) electrons. The first-order chi connectivity index (χ1) is 7.24. The number of nitrogens with zero attached hydrogens (tertiary/aromatic N) is 1. The lowest BCUT2D eigenvalue weighted by Gasteiger charge is -1.95. The Morgan fingerprint density at radius 3 is 3.00 bits per heavy atom. The molecule has 0 aliphatic rings. The summed E-state index contributed by atoms with van der Waals surface area (Å²) in [5.74, 6) is 0. The van der Waals surface area contributed by atoms with Crippen LogP contribution in [0.4, 0.5) is 0 Å². The average molecular weight is 219 g/mol. The summed E-state index contributed by atoms with van der Waals surface area (Å²) in [6.45, 7) is 0. The lowest BCUT2D eigenvalue weighted by Crippen LogP contribution is -2.22. The Kier molecular flexibility index (Phi) is 1.54. The Morgan fingerprint density at radius 1 is 1.27 bits per heavy atom. The van der Waals surface area contributed by atoms with Gasteiger partial charge in [0.05, 0.1) is 15.6 Å². The molecule has 0 amide bonds. The fraction of sp³-hybridized carbons (Fsp3) is 0. The second-order valence-corrected chi connectivity index (χ2v) is 4.04. The van der Waals surface area contributed by atoms with Gasteiger partial charge in [0.1, 0.15) is 5.65 Å². The largest absolute Gasteiger partial charge is 0.327 e. The van der Waals surface area contributed by atoms with Gasteiger partial charge in [-0.3, -0.25) is 14.8 Å². The van der Waals surface area contributed by atoms with E-state index in [0.29, 0.717) is 11.0 Å². The molecular weight excluding hydrogens is 214 g/mol. The number of hydrogen-bond donors (Lipinski definition) is 2. The van der Waals surface area contributed by atoms with E-state index in [1.807, 2.05) is 11.4 Å². The first-order valence-electron chi connectivity index (χ1n) is 4.24. The molecule has 2 N–H and O–H groups in total. The summed E-state index contributed by atoms with van der Waals surface area (Å²) >= 11 is 1.51. The predicted octanol–water partition coefficient (Wildman–Crippen LogP) is 0.826. The van der Waals surface area contributed by atoms with Crippen molar-refractivity contribution in [2.75, 3.05) is 0 Å². The van der Waals surface area contributed by atoms with Gasteiger partial charge in [-0.05, 0) is 17.5 Å². The van der Waals surface area contributed by atoms with E-state index in [2.05, 4.69) is 15.0 Å². The third kappa shape index (κ3) is 1.18. The lowest BCUT2D eigenvalue weighted by atomic mass is 10.3. The van der Waals surface area contributed by atoms with Gasteiger partial charge in [0.2, 0.25) is 0 Å². The van der Waals surface area contributed by atoms with Crippen LogP contribution >= 0.6 is 11.3 Å². The number of hydrogen-bond acceptors (Lipinski definition) is 4. The zero-order valence-electron chi connectivity index (χ0n) is 7.40. The minimum Gasteiger partial charge on any atom is -0.291 e. The van der Waals surface area contributed by atoms with E-state index in [1.165, 1.54) is 11.3 Å². The second kappa shape index (κ2) is 2.77. The first-order valence-corrected chi connectivity index (χ1v) is 5.12. The topological polar surface area (TPSA) is 78.6 Å². The molecule has 6 heteroatoms. The van der Waals surface area contributed by atoms with Crippen molar-refractivity contribution in [1.29, 1.82) is 0 Å². The summed E-state index contributed by atoms with van der Waals surface area (Å²) < 4.78 is 0.931. The minimum absolute atomic E-state index is 0.328. The van der Waals surface area contributed by atoms with E-state index in [1.54, 1.807) is 6.07 Å². The van der Waals surface area contributed by atoms with Gasteiger partial charge >= 0.3 is 5.69 Å². The van der Waals surface area contributed by atoms with E-state index < -0.39 is 11.2 Å². The molecule has 0 aliphatic carbocycles. The van der Waals surface area contributed by atoms with Crippen molar-refractivity contribution in [2.24, 2.45) is 0 Å². The van der Waals surface area contributed by atoms with Gasteiger partial charge in [-0.25, -0.2) is 9.78 Å². The SMILES string of the molecule is O=c1[nH]c(=O)c2cc3sccc3nc2[nH]1. The number of fused-ring (bicyclic) bond motifs is 2. The van der Waals surface area contributed by atoms with Crippen LogP contribution in [0.25, 0.3) is 21.3 Å². The molecule has 15 heavy (non-hydrogen) atoms. The number of nitrogens with one attached hydrogen (secondary N) is 2. The molecule has 0 saturated heterocycles. The van der Waals surface area contributed by atoms with Crippen molar-refractivity contribution < 1.29 is 0 Å². The number of aromatic amines is 2. The molecule has 3 heterocycles. The van der Waals surface area contributed by atoms with E-state index in [4.69, 9.17) is 0 Å². The zero-order valence-corrected chi connectivity index (χ0v) is 8.22. The summed E-state index contributed by atoms with van der Waals surface area (Å²) in [6.07, 6.45) is 0. The summed E-state index contributed by atoms with van der Waals surface area (Å²) in [5.41, 5.74) is 0.175. The minimum atomic E-state index is -0.533. The van der Waals surface area contributed by atoms with Crippen LogP contribution in [0.15, 0.2) is 27.1 Å². The van der Waals surface area contributed by atoms with Crippen LogP contribution in [-0.4, -0.2) is 15.0 Å². The van der Waals surface area contributed by atoms with Crippen LogP contribution in [0.2, 0.25) is 0 Å². The highest BCUT2D eigenvalue weighted by atomic mass is 32.1. The normalized spacial score (nSPS) is 11.2. The maximum atomic E-state index is 11.5. The molecule has 0 unspecified atom stereocenters. The highest BCUT2D eigenvalue weighted by molar-refractivity contribution is 7.17. The van der Waals surface area contributed by atoms with Crippen LogP contribution in [-0.2, 0) is 0 Å². The summed E-state index contributed by atoms with van der Waals surface area (Å²) in [4.78, 5) is 31.3. The number of aromatic nitrogens is 3. The quantitative estimate of drug-likeness (QED) is 0.587. The van der Waals surface area contributed by atoms with E-state index in [9.17, 15) is 9.59 Å².